The van der Waals surface area contributed by atoms with Crippen LogP contribution in [0.4, 0.5) is 17.6 Å². The fourth-order valence-corrected chi connectivity index (χ4v) is 7.82. The summed E-state index contributed by atoms with van der Waals surface area (Å²) in [6.45, 7) is 8.95. The number of carbonyl (C=O) groups is 4. The van der Waals surface area contributed by atoms with E-state index < -0.39 is 47.4 Å². The Balaban J connectivity index is 0.000000385. The zero-order chi connectivity index (χ0) is 53.4. The third-order valence-electron chi connectivity index (χ3n) is 12.0. The topological polar surface area (TPSA) is 152 Å². The number of benzene rings is 4. The first-order valence-corrected chi connectivity index (χ1v) is 25.7. The number of aliphatic carboxylic acids is 2. The average Bonchev–Trinajstić information content (AvgIpc) is 3.36. The minimum Gasteiger partial charge on any atom is -0.484 e. The second-order valence-electron chi connectivity index (χ2n) is 17.8. The van der Waals surface area contributed by atoms with Gasteiger partial charge in [-0.15, -0.1) is 0 Å². The largest absolute Gasteiger partial charge is 0.484 e. The van der Waals surface area contributed by atoms with Crippen LogP contribution < -0.4 is 9.47 Å². The van der Waals surface area contributed by atoms with Crippen molar-refractivity contribution in [3.8, 4) is 11.5 Å². The molecule has 0 bridgehead atoms. The zero-order valence-corrected chi connectivity index (χ0v) is 43.1. The molecule has 0 radical (unpaired) electrons. The summed E-state index contributed by atoms with van der Waals surface area (Å²) >= 11 is 0. The molecule has 4 rings (SSSR count). The quantitative estimate of drug-likeness (QED) is 0.0336. The second kappa shape index (κ2) is 35.2. The van der Waals surface area contributed by atoms with E-state index in [4.69, 9.17) is 18.9 Å². The molecule has 2 amide bonds. The third kappa shape index (κ3) is 24.5. The van der Waals surface area contributed by atoms with Gasteiger partial charge < -0.3 is 39.0 Å². The summed E-state index contributed by atoms with van der Waals surface area (Å²) in [5, 5.41) is 18.5. The maximum atomic E-state index is 14.3. The first kappa shape index (κ1) is 61.3. The van der Waals surface area contributed by atoms with Crippen LogP contribution in [0.3, 0.4) is 0 Å². The first-order valence-electron chi connectivity index (χ1n) is 25.7. The standard InChI is InChI=1S/C29H39F2NO5.C28H37F2NO5/c1-3-5-6-7-8-9-10-17-32(20-23-13-14-24(30)19-26(23)31)28(33)21-37-25-15-11-22(12-16-25)18-27(29(34)35)36-4-2;1-3-5-6-7-8-9-16-31(19-22-12-13-23(29)18-25(22)30)27(32)20-36-24-14-10-21(11-15-24)17-26(28(33)34)35-4-2/h11-16,19,27H,3-10,17-18,20-21H2,1-2H3,(H,34,35);10-15,18,26H,3-9,16-17,19-20H2,1-2H3,(H,33,34)/t27-;26-/m00/s1. The van der Waals surface area contributed by atoms with Crippen LogP contribution in [0, 0.1) is 23.3 Å². The van der Waals surface area contributed by atoms with E-state index in [0.29, 0.717) is 37.8 Å². The number of halogens is 4. The van der Waals surface area contributed by atoms with Crippen molar-refractivity contribution in [2.75, 3.05) is 39.5 Å². The highest BCUT2D eigenvalue weighted by Crippen LogP contribution is 2.20. The third-order valence-corrected chi connectivity index (χ3v) is 12.0. The van der Waals surface area contributed by atoms with E-state index in [1.165, 1.54) is 49.9 Å². The summed E-state index contributed by atoms with van der Waals surface area (Å²) in [5.41, 5.74) is 2.05. The number of carboxylic acid groups (broad SMARTS) is 2. The fraction of sp³-hybridized carbons (Fsp3) is 0.509. The van der Waals surface area contributed by atoms with Gasteiger partial charge in [-0.25, -0.2) is 27.2 Å². The normalized spacial score (nSPS) is 11.8. The number of hydrogen-bond donors (Lipinski definition) is 2. The van der Waals surface area contributed by atoms with Crippen LogP contribution in [0.2, 0.25) is 0 Å². The van der Waals surface area contributed by atoms with Crippen LogP contribution in [-0.2, 0) is 54.6 Å². The van der Waals surface area contributed by atoms with Crippen molar-refractivity contribution in [3.05, 3.63) is 130 Å². The molecule has 0 unspecified atom stereocenters. The van der Waals surface area contributed by atoms with E-state index in [9.17, 15) is 47.0 Å². The summed E-state index contributed by atoms with van der Waals surface area (Å²) < 4.78 is 76.9. The Labute approximate surface area is 429 Å². The molecule has 2 atom stereocenters. The lowest BCUT2D eigenvalue weighted by atomic mass is 10.1. The lowest BCUT2D eigenvalue weighted by Crippen LogP contribution is -2.35. The highest BCUT2D eigenvalue weighted by Gasteiger charge is 2.21. The predicted molar refractivity (Wildman–Crippen MR) is 272 cm³/mol. The molecule has 0 spiro atoms. The number of amides is 2. The van der Waals surface area contributed by atoms with Crippen molar-refractivity contribution in [2.24, 2.45) is 0 Å². The fourth-order valence-electron chi connectivity index (χ4n) is 7.82. The lowest BCUT2D eigenvalue weighted by Gasteiger charge is -2.23. The monoisotopic (exact) mass is 1020 g/mol. The van der Waals surface area contributed by atoms with Gasteiger partial charge in [-0.1, -0.05) is 121 Å². The molecule has 73 heavy (non-hydrogen) atoms. The predicted octanol–water partition coefficient (Wildman–Crippen LogP) is 11.9. The molecule has 4 aromatic carbocycles. The number of hydrogen-bond acceptors (Lipinski definition) is 8. The Bertz CT molecular complexity index is 2230. The lowest BCUT2D eigenvalue weighted by molar-refractivity contribution is -0.150. The van der Waals surface area contributed by atoms with Gasteiger partial charge in [0.2, 0.25) is 0 Å². The highest BCUT2D eigenvalue weighted by molar-refractivity contribution is 5.78. The van der Waals surface area contributed by atoms with Gasteiger partial charge in [0.25, 0.3) is 11.8 Å². The Hall–Kier alpha value is -6.00. The summed E-state index contributed by atoms with van der Waals surface area (Å²) in [5.74, 6) is -4.38. The van der Waals surface area contributed by atoms with Gasteiger partial charge in [0.1, 0.15) is 34.8 Å². The molecule has 12 nitrogen and oxygen atoms in total. The van der Waals surface area contributed by atoms with E-state index in [0.717, 1.165) is 81.0 Å². The molecule has 2 N–H and O–H groups in total. The highest BCUT2D eigenvalue weighted by atomic mass is 19.1. The van der Waals surface area contributed by atoms with Crippen molar-refractivity contribution in [3.63, 3.8) is 0 Å². The molecule has 0 saturated carbocycles. The molecular formula is C57H76F4N2O10. The van der Waals surface area contributed by atoms with Gasteiger partial charge in [-0.2, -0.15) is 0 Å². The van der Waals surface area contributed by atoms with E-state index >= 15 is 0 Å². The minimum atomic E-state index is -1.02. The molecule has 0 aliphatic carbocycles. The maximum absolute atomic E-state index is 14.3. The molecule has 0 heterocycles. The number of ether oxygens (including phenoxy) is 4. The van der Waals surface area contributed by atoms with E-state index in [-0.39, 0.29) is 62.1 Å². The molecule has 16 heteroatoms. The molecular weight excluding hydrogens is 949 g/mol. The average molecular weight is 1030 g/mol. The van der Waals surface area contributed by atoms with Gasteiger partial charge >= 0.3 is 11.9 Å². The maximum Gasteiger partial charge on any atom is 0.333 e. The summed E-state index contributed by atoms with van der Waals surface area (Å²) in [6, 6.07) is 20.4. The Morgan fingerprint density at radius 2 is 0.822 bits per heavy atom. The van der Waals surface area contributed by atoms with Gasteiger partial charge in [-0.05, 0) is 74.2 Å². The van der Waals surface area contributed by atoms with Crippen molar-refractivity contribution < 1.29 is 65.9 Å². The molecule has 0 aliphatic rings. The molecule has 402 valence electrons. The number of nitrogens with zero attached hydrogens (tertiary/aromatic N) is 2. The molecule has 4 aromatic rings. The summed E-state index contributed by atoms with van der Waals surface area (Å²) in [4.78, 5) is 51.6. The van der Waals surface area contributed by atoms with Crippen LogP contribution >= 0.6 is 0 Å². The summed E-state index contributed by atoms with van der Waals surface area (Å²) in [6.07, 6.45) is 12.5. The van der Waals surface area contributed by atoms with Crippen molar-refractivity contribution in [1.82, 2.24) is 9.80 Å². The van der Waals surface area contributed by atoms with Gasteiger partial charge in [0, 0.05) is 75.5 Å². The molecule has 0 aliphatic heterocycles. The van der Waals surface area contributed by atoms with Gasteiger partial charge in [0.15, 0.2) is 25.4 Å². The smallest absolute Gasteiger partial charge is 0.333 e. The zero-order valence-electron chi connectivity index (χ0n) is 43.1. The van der Waals surface area contributed by atoms with Crippen LogP contribution in [0.25, 0.3) is 0 Å². The van der Waals surface area contributed by atoms with Gasteiger partial charge in [0.05, 0.1) is 0 Å². The van der Waals surface area contributed by atoms with Crippen LogP contribution in [0.5, 0.6) is 11.5 Å². The first-order chi connectivity index (χ1) is 35.2. The number of carbonyl (C=O) groups excluding carboxylic acids is 2. The van der Waals surface area contributed by atoms with Crippen molar-refractivity contribution >= 4 is 23.8 Å². The minimum absolute atomic E-state index is 0.0379. The summed E-state index contributed by atoms with van der Waals surface area (Å²) in [7, 11) is 0. The Morgan fingerprint density at radius 3 is 1.14 bits per heavy atom. The Kier molecular flexibility index (Phi) is 29.6. The molecule has 0 saturated heterocycles. The molecule has 0 fully saturated rings. The number of carboxylic acids is 2. The van der Waals surface area contributed by atoms with Crippen LogP contribution in [-0.4, -0.2) is 95.5 Å². The number of unbranched alkanes of at least 4 members (excludes halogenated alkanes) is 11. The van der Waals surface area contributed by atoms with E-state index in [1.807, 2.05) is 0 Å². The second-order valence-corrected chi connectivity index (χ2v) is 17.8. The van der Waals surface area contributed by atoms with Crippen molar-refractivity contribution in [2.45, 2.75) is 149 Å². The van der Waals surface area contributed by atoms with Crippen molar-refractivity contribution in [1.29, 1.82) is 0 Å². The van der Waals surface area contributed by atoms with Gasteiger partial charge in [-0.3, -0.25) is 9.59 Å². The molecule has 0 aromatic heterocycles. The van der Waals surface area contributed by atoms with E-state index in [1.54, 1.807) is 72.2 Å². The SMILES string of the molecule is CCCCCCCCCN(Cc1ccc(F)cc1F)C(=O)COc1ccc(C[C@H](OCC)C(=O)O)cc1.CCCCCCCCN(Cc1ccc(F)cc1F)C(=O)COc1ccc(C[C@H](OCC)C(=O)O)cc1. The van der Waals surface area contributed by atoms with E-state index in [2.05, 4.69) is 13.8 Å². The number of rotatable bonds is 35. The van der Waals surface area contributed by atoms with Crippen LogP contribution in [0.1, 0.15) is 133 Å². The Morgan fingerprint density at radius 1 is 0.479 bits per heavy atom. The van der Waals surface area contributed by atoms with Crippen LogP contribution in [0.15, 0.2) is 84.9 Å².